The molecule has 0 amide bonds. The van der Waals surface area contributed by atoms with Crippen LogP contribution >= 0.6 is 0 Å². The molecule has 1 aliphatic carbocycles. The third kappa shape index (κ3) is 1.97. The van der Waals surface area contributed by atoms with Crippen LogP contribution in [0.3, 0.4) is 0 Å². The Morgan fingerprint density at radius 2 is 2.29 bits per heavy atom. The van der Waals surface area contributed by atoms with Crippen LogP contribution in [0, 0.1) is 0 Å². The lowest BCUT2D eigenvalue weighted by Crippen LogP contribution is -2.25. The Labute approximate surface area is 82.2 Å². The lowest BCUT2D eigenvalue weighted by Gasteiger charge is -2.01. The molecule has 0 atom stereocenters. The second-order valence-electron chi connectivity index (χ2n) is 3.41. The van der Waals surface area contributed by atoms with Gasteiger partial charge in [0.1, 0.15) is 0 Å². The van der Waals surface area contributed by atoms with Crippen molar-refractivity contribution >= 4 is 10.0 Å². The van der Waals surface area contributed by atoms with Gasteiger partial charge in [0.05, 0.1) is 11.5 Å². The normalized spacial score (nSPS) is 17.2. The molecule has 6 heteroatoms. The average molecular weight is 216 g/mol. The first-order valence-corrected chi connectivity index (χ1v) is 5.90. The van der Waals surface area contributed by atoms with Crippen LogP contribution in [0.25, 0.3) is 0 Å². The van der Waals surface area contributed by atoms with Crippen LogP contribution in [0.1, 0.15) is 18.5 Å². The van der Waals surface area contributed by atoms with Crippen LogP contribution in [-0.2, 0) is 16.6 Å². The third-order valence-electron chi connectivity index (χ3n) is 2.10. The lowest BCUT2D eigenvalue weighted by molar-refractivity contribution is 0.277. The van der Waals surface area contributed by atoms with Gasteiger partial charge in [-0.1, -0.05) is 0 Å². The molecule has 1 saturated carbocycles. The van der Waals surface area contributed by atoms with Gasteiger partial charge < -0.3 is 10.1 Å². The number of hydrogen-bond acceptors (Lipinski definition) is 3. The summed E-state index contributed by atoms with van der Waals surface area (Å²) in [5.74, 6) is 0. The summed E-state index contributed by atoms with van der Waals surface area (Å²) < 4.78 is 25.8. The number of aliphatic hydroxyl groups is 1. The zero-order valence-electron chi connectivity index (χ0n) is 7.53. The summed E-state index contributed by atoms with van der Waals surface area (Å²) >= 11 is 0. The quantitative estimate of drug-likeness (QED) is 0.660. The first-order chi connectivity index (χ1) is 6.62. The van der Waals surface area contributed by atoms with E-state index in [1.165, 1.54) is 12.3 Å². The van der Waals surface area contributed by atoms with Crippen molar-refractivity contribution in [3.05, 3.63) is 18.0 Å². The second kappa shape index (κ2) is 3.38. The van der Waals surface area contributed by atoms with Gasteiger partial charge in [0.25, 0.3) is 0 Å². The molecule has 1 heterocycles. The minimum atomic E-state index is -3.38. The fraction of sp³-hybridized carbons (Fsp3) is 0.500. The lowest BCUT2D eigenvalue weighted by atomic mass is 10.5. The molecule has 0 bridgehead atoms. The SMILES string of the molecule is O=S(=O)(NC1CC1)c1c[nH]c(CO)c1. The van der Waals surface area contributed by atoms with Gasteiger partial charge in [-0.2, -0.15) is 0 Å². The smallest absolute Gasteiger partial charge is 0.242 e. The predicted molar refractivity (Wildman–Crippen MR) is 50.1 cm³/mol. The number of hydrogen-bond donors (Lipinski definition) is 3. The van der Waals surface area contributed by atoms with Gasteiger partial charge >= 0.3 is 0 Å². The minimum Gasteiger partial charge on any atom is -0.390 e. The molecule has 5 nitrogen and oxygen atoms in total. The Kier molecular flexibility index (Phi) is 2.34. The first kappa shape index (κ1) is 9.70. The highest BCUT2D eigenvalue weighted by Gasteiger charge is 2.28. The first-order valence-electron chi connectivity index (χ1n) is 4.42. The van der Waals surface area contributed by atoms with E-state index in [4.69, 9.17) is 5.11 Å². The van der Waals surface area contributed by atoms with Crippen molar-refractivity contribution in [3.8, 4) is 0 Å². The highest BCUT2D eigenvalue weighted by molar-refractivity contribution is 7.89. The summed E-state index contributed by atoms with van der Waals surface area (Å²) in [6.07, 6.45) is 3.21. The van der Waals surface area contributed by atoms with Crippen molar-refractivity contribution in [1.29, 1.82) is 0 Å². The summed E-state index contributed by atoms with van der Waals surface area (Å²) in [7, 11) is -3.38. The highest BCUT2D eigenvalue weighted by Crippen LogP contribution is 2.22. The Balaban J connectivity index is 2.19. The summed E-state index contributed by atoms with van der Waals surface area (Å²) in [4.78, 5) is 2.87. The minimum absolute atomic E-state index is 0.104. The van der Waals surface area contributed by atoms with Gasteiger partial charge in [0, 0.05) is 17.9 Å². The number of aromatic amines is 1. The van der Waals surface area contributed by atoms with E-state index in [9.17, 15) is 8.42 Å². The van der Waals surface area contributed by atoms with Crippen LogP contribution < -0.4 is 4.72 Å². The van der Waals surface area contributed by atoms with Gasteiger partial charge in [0.15, 0.2) is 0 Å². The predicted octanol–water partition coefficient (Wildman–Crippen LogP) is -0.0523. The van der Waals surface area contributed by atoms with Crippen LogP contribution in [0.15, 0.2) is 17.2 Å². The number of sulfonamides is 1. The van der Waals surface area contributed by atoms with Crippen molar-refractivity contribution in [2.75, 3.05) is 0 Å². The molecular formula is C8H12N2O3S. The van der Waals surface area contributed by atoms with E-state index in [0.717, 1.165) is 12.8 Å². The number of nitrogens with one attached hydrogen (secondary N) is 2. The van der Waals surface area contributed by atoms with E-state index in [1.54, 1.807) is 0 Å². The molecule has 14 heavy (non-hydrogen) atoms. The molecule has 1 aromatic rings. The Hall–Kier alpha value is -0.850. The third-order valence-corrected chi connectivity index (χ3v) is 3.60. The fourth-order valence-corrected chi connectivity index (χ4v) is 2.48. The van der Waals surface area contributed by atoms with Crippen LogP contribution in [0.4, 0.5) is 0 Å². The monoisotopic (exact) mass is 216 g/mol. The number of aromatic nitrogens is 1. The fourth-order valence-electron chi connectivity index (χ4n) is 1.15. The van der Waals surface area contributed by atoms with E-state index < -0.39 is 10.0 Å². The van der Waals surface area contributed by atoms with Gasteiger partial charge in [-0.15, -0.1) is 0 Å². The number of H-pyrrole nitrogens is 1. The molecule has 0 radical (unpaired) electrons. The van der Waals surface area contributed by atoms with Crippen molar-refractivity contribution in [3.63, 3.8) is 0 Å². The van der Waals surface area contributed by atoms with Crippen molar-refractivity contribution in [2.24, 2.45) is 0 Å². The summed E-state index contributed by atoms with van der Waals surface area (Å²) in [6.45, 7) is -0.182. The Bertz CT molecular complexity index is 420. The van der Waals surface area contributed by atoms with Crippen LogP contribution in [0.2, 0.25) is 0 Å². The van der Waals surface area contributed by atoms with E-state index in [2.05, 4.69) is 9.71 Å². The van der Waals surface area contributed by atoms with Crippen LogP contribution in [0.5, 0.6) is 0 Å². The molecule has 1 fully saturated rings. The molecule has 1 aliphatic rings. The molecule has 0 saturated heterocycles. The van der Waals surface area contributed by atoms with Gasteiger partial charge in [-0.05, 0) is 18.9 Å². The van der Waals surface area contributed by atoms with Crippen molar-refractivity contribution in [2.45, 2.75) is 30.4 Å². The molecule has 2 rings (SSSR count). The van der Waals surface area contributed by atoms with Gasteiger partial charge in [-0.25, -0.2) is 13.1 Å². The number of aliphatic hydroxyl groups excluding tert-OH is 1. The summed E-state index contributed by atoms with van der Waals surface area (Å²) in [5.41, 5.74) is 0.501. The van der Waals surface area contributed by atoms with Crippen LogP contribution in [-0.4, -0.2) is 24.6 Å². The molecule has 0 spiro atoms. The molecule has 1 aromatic heterocycles. The topological polar surface area (TPSA) is 82.2 Å². The molecule has 0 aromatic carbocycles. The second-order valence-corrected chi connectivity index (χ2v) is 5.13. The maximum atomic E-state index is 11.6. The van der Waals surface area contributed by atoms with E-state index in [1.807, 2.05) is 0 Å². The van der Waals surface area contributed by atoms with Crippen molar-refractivity contribution in [1.82, 2.24) is 9.71 Å². The molecule has 0 aliphatic heterocycles. The maximum absolute atomic E-state index is 11.6. The molecule has 78 valence electrons. The average Bonchev–Trinajstić information content (AvgIpc) is 2.81. The van der Waals surface area contributed by atoms with Crippen molar-refractivity contribution < 1.29 is 13.5 Å². The van der Waals surface area contributed by atoms with E-state index in [0.29, 0.717) is 5.69 Å². The van der Waals surface area contributed by atoms with E-state index >= 15 is 0 Å². The van der Waals surface area contributed by atoms with Gasteiger partial charge in [-0.3, -0.25) is 0 Å². The zero-order valence-corrected chi connectivity index (χ0v) is 8.34. The number of rotatable bonds is 4. The standard InChI is InChI=1S/C8H12N2O3S/c11-5-7-3-8(4-9-7)14(12,13)10-6-1-2-6/h3-4,6,9-11H,1-2,5H2. The summed E-state index contributed by atoms with van der Waals surface area (Å²) in [6, 6.07) is 1.54. The Morgan fingerprint density at radius 3 is 2.79 bits per heavy atom. The largest absolute Gasteiger partial charge is 0.390 e. The van der Waals surface area contributed by atoms with Gasteiger partial charge in [0.2, 0.25) is 10.0 Å². The summed E-state index contributed by atoms with van der Waals surface area (Å²) in [5, 5.41) is 8.76. The highest BCUT2D eigenvalue weighted by atomic mass is 32.2. The molecule has 3 N–H and O–H groups in total. The maximum Gasteiger partial charge on any atom is 0.242 e. The van der Waals surface area contributed by atoms with E-state index in [-0.39, 0.29) is 17.5 Å². The Morgan fingerprint density at radius 1 is 1.57 bits per heavy atom. The molecule has 0 unspecified atom stereocenters. The molecular weight excluding hydrogens is 204 g/mol. The zero-order chi connectivity index (χ0) is 10.2.